The van der Waals surface area contributed by atoms with E-state index in [-0.39, 0.29) is 0 Å². The molecular formula is C16H34N4. The molecule has 0 aromatic carbocycles. The van der Waals surface area contributed by atoms with Gasteiger partial charge in [0.25, 0.3) is 0 Å². The summed E-state index contributed by atoms with van der Waals surface area (Å²) < 4.78 is 0. The van der Waals surface area contributed by atoms with Crippen molar-refractivity contribution in [3.05, 3.63) is 0 Å². The molecule has 4 heteroatoms. The fourth-order valence-electron chi connectivity index (χ4n) is 2.92. The highest BCUT2D eigenvalue weighted by Gasteiger charge is 2.22. The van der Waals surface area contributed by atoms with Crippen molar-refractivity contribution in [2.24, 2.45) is 16.6 Å². The van der Waals surface area contributed by atoms with Gasteiger partial charge in [-0.2, -0.15) is 0 Å². The van der Waals surface area contributed by atoms with Crippen molar-refractivity contribution >= 4 is 5.96 Å². The zero-order valence-corrected chi connectivity index (χ0v) is 13.9. The Morgan fingerprint density at radius 1 is 1.35 bits per heavy atom. The molecule has 0 bridgehead atoms. The van der Waals surface area contributed by atoms with Crippen LogP contribution in [0.2, 0.25) is 0 Å². The van der Waals surface area contributed by atoms with Gasteiger partial charge >= 0.3 is 0 Å². The molecule has 1 rings (SSSR count). The van der Waals surface area contributed by atoms with Crippen LogP contribution in [-0.2, 0) is 0 Å². The summed E-state index contributed by atoms with van der Waals surface area (Å²) in [5, 5.41) is 3.32. The number of aliphatic imine (C=N–C) groups is 1. The number of nitrogens with one attached hydrogen (secondary N) is 1. The molecule has 0 spiro atoms. The minimum absolute atomic E-state index is 0.420. The molecule has 20 heavy (non-hydrogen) atoms. The summed E-state index contributed by atoms with van der Waals surface area (Å²) in [7, 11) is 0. The molecule has 118 valence electrons. The van der Waals surface area contributed by atoms with Crippen molar-refractivity contribution in [1.29, 1.82) is 0 Å². The highest BCUT2D eigenvalue weighted by molar-refractivity contribution is 5.78. The Morgan fingerprint density at radius 3 is 2.75 bits per heavy atom. The normalized spacial score (nSPS) is 22.4. The van der Waals surface area contributed by atoms with E-state index in [9.17, 15) is 0 Å². The maximum Gasteiger partial charge on any atom is 0.188 e. The van der Waals surface area contributed by atoms with E-state index in [1.807, 2.05) is 0 Å². The average Bonchev–Trinajstić information content (AvgIpc) is 2.83. The fraction of sp³-hybridized carbons (Fsp3) is 0.938. The first-order valence-electron chi connectivity index (χ1n) is 8.33. The molecule has 0 aromatic heterocycles. The van der Waals surface area contributed by atoms with Crippen LogP contribution >= 0.6 is 0 Å². The number of nitrogens with two attached hydrogens (primary N) is 1. The molecule has 1 fully saturated rings. The van der Waals surface area contributed by atoms with Crippen LogP contribution in [0.15, 0.2) is 4.99 Å². The van der Waals surface area contributed by atoms with Gasteiger partial charge in [0.2, 0.25) is 0 Å². The molecule has 2 atom stereocenters. The Morgan fingerprint density at radius 2 is 2.10 bits per heavy atom. The molecule has 3 N–H and O–H groups in total. The highest BCUT2D eigenvalue weighted by atomic mass is 15.2. The lowest BCUT2D eigenvalue weighted by atomic mass is 10.0. The van der Waals surface area contributed by atoms with E-state index >= 15 is 0 Å². The van der Waals surface area contributed by atoms with E-state index in [1.54, 1.807) is 0 Å². The number of guanidine groups is 1. The minimum Gasteiger partial charge on any atom is -0.370 e. The van der Waals surface area contributed by atoms with Gasteiger partial charge < -0.3 is 11.1 Å². The third kappa shape index (κ3) is 6.60. The lowest BCUT2D eigenvalue weighted by Gasteiger charge is -2.21. The van der Waals surface area contributed by atoms with Crippen LogP contribution < -0.4 is 11.1 Å². The first-order chi connectivity index (χ1) is 9.52. The van der Waals surface area contributed by atoms with Gasteiger partial charge in [0.15, 0.2) is 5.96 Å². The summed E-state index contributed by atoms with van der Waals surface area (Å²) in [6.45, 7) is 12.1. The summed E-state index contributed by atoms with van der Waals surface area (Å²) in [5.41, 5.74) is 5.99. The average molecular weight is 282 g/mol. The Bertz CT molecular complexity index is 288. The SMILES string of the molecule is CCN1CCCC1CN=C(N)NC(C)CCCC(C)C. The second-order valence-electron chi connectivity index (χ2n) is 6.52. The van der Waals surface area contributed by atoms with Crippen LogP contribution in [0.25, 0.3) is 0 Å². The van der Waals surface area contributed by atoms with E-state index in [1.165, 1.54) is 38.6 Å². The van der Waals surface area contributed by atoms with Gasteiger partial charge in [-0.25, -0.2) is 0 Å². The van der Waals surface area contributed by atoms with Gasteiger partial charge in [0, 0.05) is 12.1 Å². The number of hydrogen-bond acceptors (Lipinski definition) is 2. The van der Waals surface area contributed by atoms with Crippen molar-refractivity contribution in [3.63, 3.8) is 0 Å². The monoisotopic (exact) mass is 282 g/mol. The summed E-state index contributed by atoms with van der Waals surface area (Å²) in [6, 6.07) is 1.01. The van der Waals surface area contributed by atoms with Crippen molar-refractivity contribution in [3.8, 4) is 0 Å². The van der Waals surface area contributed by atoms with Crippen LogP contribution in [0.4, 0.5) is 0 Å². The summed E-state index contributed by atoms with van der Waals surface area (Å²) in [6.07, 6.45) is 6.27. The van der Waals surface area contributed by atoms with Gasteiger partial charge in [0.05, 0.1) is 6.54 Å². The number of likely N-dealkylation sites (N-methyl/N-ethyl adjacent to an activating group) is 1. The number of rotatable bonds is 8. The van der Waals surface area contributed by atoms with E-state index < -0.39 is 0 Å². The summed E-state index contributed by atoms with van der Waals surface area (Å²) in [4.78, 5) is 7.03. The molecule has 1 aliphatic rings. The third-order valence-corrected chi connectivity index (χ3v) is 4.19. The summed E-state index contributed by atoms with van der Waals surface area (Å²) >= 11 is 0. The lowest BCUT2D eigenvalue weighted by Crippen LogP contribution is -2.40. The molecule has 0 saturated carbocycles. The largest absolute Gasteiger partial charge is 0.370 e. The molecule has 0 aliphatic carbocycles. The standard InChI is InChI=1S/C16H34N4/c1-5-20-11-7-10-15(20)12-18-16(17)19-14(4)9-6-8-13(2)3/h13-15H,5-12H2,1-4H3,(H3,17,18,19). The van der Waals surface area contributed by atoms with Crippen LogP contribution in [0.3, 0.4) is 0 Å². The smallest absolute Gasteiger partial charge is 0.188 e. The van der Waals surface area contributed by atoms with E-state index in [4.69, 9.17) is 5.73 Å². The van der Waals surface area contributed by atoms with E-state index in [0.717, 1.165) is 19.0 Å². The minimum atomic E-state index is 0.420. The lowest BCUT2D eigenvalue weighted by molar-refractivity contribution is 0.273. The topological polar surface area (TPSA) is 53.6 Å². The van der Waals surface area contributed by atoms with E-state index in [2.05, 4.69) is 42.9 Å². The zero-order chi connectivity index (χ0) is 15.0. The molecule has 0 radical (unpaired) electrons. The molecule has 4 nitrogen and oxygen atoms in total. The maximum atomic E-state index is 5.99. The second-order valence-corrected chi connectivity index (χ2v) is 6.52. The maximum absolute atomic E-state index is 5.99. The van der Waals surface area contributed by atoms with Gasteiger partial charge in [-0.3, -0.25) is 9.89 Å². The van der Waals surface area contributed by atoms with Crippen molar-refractivity contribution in [2.45, 2.75) is 71.9 Å². The molecule has 0 aromatic rings. The first kappa shape index (κ1) is 17.3. The quantitative estimate of drug-likeness (QED) is 0.531. The molecule has 1 aliphatic heterocycles. The Balaban J connectivity index is 2.23. The molecule has 1 heterocycles. The number of nitrogens with zero attached hydrogens (tertiary/aromatic N) is 2. The molecule has 1 saturated heterocycles. The predicted molar refractivity (Wildman–Crippen MR) is 88.0 cm³/mol. The predicted octanol–water partition coefficient (Wildman–Crippen LogP) is 2.59. The van der Waals surface area contributed by atoms with Crippen LogP contribution in [-0.4, -0.2) is 42.6 Å². The molecule has 0 amide bonds. The van der Waals surface area contributed by atoms with Gasteiger partial charge in [-0.05, 0) is 45.2 Å². The summed E-state index contributed by atoms with van der Waals surface area (Å²) in [5.74, 6) is 1.40. The molecular weight excluding hydrogens is 248 g/mol. The number of hydrogen-bond donors (Lipinski definition) is 2. The Hall–Kier alpha value is -0.770. The van der Waals surface area contributed by atoms with E-state index in [0.29, 0.717) is 18.0 Å². The van der Waals surface area contributed by atoms with Crippen LogP contribution in [0, 0.1) is 5.92 Å². The zero-order valence-electron chi connectivity index (χ0n) is 13.9. The fourth-order valence-corrected chi connectivity index (χ4v) is 2.92. The van der Waals surface area contributed by atoms with Crippen molar-refractivity contribution < 1.29 is 0 Å². The Labute approximate surface area is 125 Å². The number of likely N-dealkylation sites (tertiary alicyclic amines) is 1. The van der Waals surface area contributed by atoms with Gasteiger partial charge in [-0.15, -0.1) is 0 Å². The first-order valence-corrected chi connectivity index (χ1v) is 8.33. The third-order valence-electron chi connectivity index (χ3n) is 4.19. The van der Waals surface area contributed by atoms with Crippen LogP contribution in [0.5, 0.6) is 0 Å². The van der Waals surface area contributed by atoms with Crippen molar-refractivity contribution in [1.82, 2.24) is 10.2 Å². The second kappa shape index (κ2) is 9.22. The highest BCUT2D eigenvalue weighted by Crippen LogP contribution is 2.16. The van der Waals surface area contributed by atoms with Gasteiger partial charge in [0.1, 0.15) is 0 Å². The van der Waals surface area contributed by atoms with Crippen LogP contribution in [0.1, 0.15) is 59.8 Å². The van der Waals surface area contributed by atoms with Crippen molar-refractivity contribution in [2.75, 3.05) is 19.6 Å². The van der Waals surface area contributed by atoms with Gasteiger partial charge in [-0.1, -0.05) is 33.6 Å². The Kier molecular flexibility index (Phi) is 7.97. The molecule has 2 unspecified atom stereocenters.